The molecule has 4 aromatic rings. The highest BCUT2D eigenvalue weighted by Gasteiger charge is 2.11. The number of pyridine rings is 1. The summed E-state index contributed by atoms with van der Waals surface area (Å²) in [4.78, 5) is 27.3. The summed E-state index contributed by atoms with van der Waals surface area (Å²) < 4.78 is 0. The van der Waals surface area contributed by atoms with Crippen LogP contribution in [0.4, 0.5) is 11.4 Å². The molecule has 1 amide bonds. The molecule has 1 heterocycles. The average molecular weight is 443 g/mol. The maximum atomic E-state index is 12.2. The normalized spacial score (nSPS) is 10.9. The number of fused-ring (bicyclic) bond motifs is 2. The molecule has 168 valence electrons. The molecule has 0 unspecified atom stereocenters. The lowest BCUT2D eigenvalue weighted by atomic mass is 10.1. The number of hydrogen-bond acceptors (Lipinski definition) is 5. The molecule has 0 aliphatic carbocycles. The number of carbonyl (C=O) groups excluding carboxylic acids is 1. The zero-order valence-electron chi connectivity index (χ0n) is 18.3. The van der Waals surface area contributed by atoms with Gasteiger partial charge in [-0.1, -0.05) is 55.3 Å². The number of rotatable bonds is 10. The first-order valence-corrected chi connectivity index (χ1v) is 11.2. The molecule has 0 fully saturated rings. The Bertz CT molecular complexity index is 1240. The van der Waals surface area contributed by atoms with Gasteiger partial charge in [-0.15, -0.1) is 0 Å². The van der Waals surface area contributed by atoms with Crippen LogP contribution in [0.3, 0.4) is 0 Å². The van der Waals surface area contributed by atoms with Crippen LogP contribution in [-0.4, -0.2) is 28.9 Å². The van der Waals surface area contributed by atoms with Crippen LogP contribution < -0.4 is 10.6 Å². The SMILES string of the molecule is O=C(NCCCCCCNc1c2ccccc2nc2ccccc12)c1cccc([N+](=O)[O-])c1. The Kier molecular flexibility index (Phi) is 7.09. The minimum absolute atomic E-state index is 0.0788. The Balaban J connectivity index is 1.22. The quantitative estimate of drug-likeness (QED) is 0.142. The van der Waals surface area contributed by atoms with Gasteiger partial charge in [-0.3, -0.25) is 14.9 Å². The summed E-state index contributed by atoms with van der Waals surface area (Å²) in [5, 5.41) is 19.5. The fourth-order valence-electron chi connectivity index (χ4n) is 3.91. The zero-order chi connectivity index (χ0) is 23.0. The number of nitro benzene ring substituents is 1. The molecule has 7 nitrogen and oxygen atoms in total. The van der Waals surface area contributed by atoms with E-state index in [4.69, 9.17) is 4.98 Å². The van der Waals surface area contributed by atoms with E-state index in [1.807, 2.05) is 36.4 Å². The first-order chi connectivity index (χ1) is 16.1. The number of nitrogens with one attached hydrogen (secondary N) is 2. The van der Waals surface area contributed by atoms with Crippen LogP contribution >= 0.6 is 0 Å². The van der Waals surface area contributed by atoms with E-state index in [1.54, 1.807) is 6.07 Å². The number of hydrogen-bond donors (Lipinski definition) is 2. The van der Waals surface area contributed by atoms with Gasteiger partial charge >= 0.3 is 0 Å². The van der Waals surface area contributed by atoms with Gasteiger partial charge < -0.3 is 10.6 Å². The lowest BCUT2D eigenvalue weighted by Crippen LogP contribution is -2.24. The minimum Gasteiger partial charge on any atom is -0.384 e. The van der Waals surface area contributed by atoms with Gasteiger partial charge in [-0.25, -0.2) is 4.98 Å². The molecule has 0 aliphatic heterocycles. The molecule has 0 saturated heterocycles. The van der Waals surface area contributed by atoms with Crippen molar-refractivity contribution in [3.05, 3.63) is 88.5 Å². The maximum Gasteiger partial charge on any atom is 0.270 e. The molecular formula is C26H26N4O3. The van der Waals surface area contributed by atoms with E-state index >= 15 is 0 Å². The lowest BCUT2D eigenvalue weighted by Gasteiger charge is -2.13. The summed E-state index contributed by atoms with van der Waals surface area (Å²) in [6.07, 6.45) is 3.92. The van der Waals surface area contributed by atoms with Crippen molar-refractivity contribution in [3.63, 3.8) is 0 Å². The number of carbonyl (C=O) groups is 1. The van der Waals surface area contributed by atoms with Gasteiger partial charge in [0.2, 0.25) is 0 Å². The molecule has 1 aromatic heterocycles. The van der Waals surface area contributed by atoms with E-state index < -0.39 is 4.92 Å². The molecular weight excluding hydrogens is 416 g/mol. The van der Waals surface area contributed by atoms with Crippen LogP contribution in [0.1, 0.15) is 36.0 Å². The number of non-ortho nitro benzene ring substituents is 1. The van der Waals surface area contributed by atoms with Crippen molar-refractivity contribution < 1.29 is 9.72 Å². The first-order valence-electron chi connectivity index (χ1n) is 11.2. The van der Waals surface area contributed by atoms with Gasteiger partial charge in [0.05, 0.1) is 21.6 Å². The second-order valence-corrected chi connectivity index (χ2v) is 7.93. The number of nitro groups is 1. The molecule has 0 saturated carbocycles. The number of aromatic nitrogens is 1. The van der Waals surface area contributed by atoms with E-state index in [1.165, 1.54) is 18.2 Å². The number of amides is 1. The van der Waals surface area contributed by atoms with Crippen LogP contribution in [-0.2, 0) is 0 Å². The second-order valence-electron chi connectivity index (χ2n) is 7.93. The standard InChI is InChI=1S/C26H26N4O3/c31-26(19-10-9-11-20(18-19)30(32)33)28-17-8-2-1-7-16-27-25-21-12-3-5-14-23(21)29-24-15-6-4-13-22(24)25/h3-6,9-15,18H,1-2,7-8,16-17H2,(H,27,29)(H,28,31). The number of unbranched alkanes of at least 4 members (excludes halogenated alkanes) is 3. The minimum atomic E-state index is -0.498. The van der Waals surface area contributed by atoms with E-state index in [9.17, 15) is 14.9 Å². The summed E-state index contributed by atoms with van der Waals surface area (Å²) in [7, 11) is 0. The van der Waals surface area contributed by atoms with Crippen molar-refractivity contribution in [2.24, 2.45) is 0 Å². The van der Waals surface area contributed by atoms with Gasteiger partial charge in [0.1, 0.15) is 0 Å². The Labute approximate surface area is 192 Å². The number of nitrogens with zero attached hydrogens (tertiary/aromatic N) is 2. The fraction of sp³-hybridized carbons (Fsp3) is 0.231. The summed E-state index contributed by atoms with van der Waals surface area (Å²) in [5.74, 6) is -0.281. The molecule has 3 aromatic carbocycles. The summed E-state index contributed by atoms with van der Waals surface area (Å²) >= 11 is 0. The topological polar surface area (TPSA) is 97.2 Å². The third-order valence-electron chi connectivity index (χ3n) is 5.60. The zero-order valence-corrected chi connectivity index (χ0v) is 18.3. The van der Waals surface area contributed by atoms with E-state index in [-0.39, 0.29) is 11.6 Å². The van der Waals surface area contributed by atoms with Crippen LogP contribution in [0.5, 0.6) is 0 Å². The van der Waals surface area contributed by atoms with Gasteiger partial charge in [0.15, 0.2) is 0 Å². The molecule has 2 N–H and O–H groups in total. The summed E-state index contributed by atoms with van der Waals surface area (Å²) in [6, 6.07) is 22.1. The van der Waals surface area contributed by atoms with Crippen molar-refractivity contribution in [3.8, 4) is 0 Å². The number of benzene rings is 3. The van der Waals surface area contributed by atoms with Crippen LogP contribution in [0, 0.1) is 10.1 Å². The Morgan fingerprint density at radius 2 is 1.45 bits per heavy atom. The smallest absolute Gasteiger partial charge is 0.270 e. The predicted molar refractivity (Wildman–Crippen MR) is 132 cm³/mol. The third kappa shape index (κ3) is 5.44. The van der Waals surface area contributed by atoms with E-state index in [0.29, 0.717) is 12.1 Å². The van der Waals surface area contributed by atoms with Crippen molar-refractivity contribution in [1.29, 1.82) is 0 Å². The molecule has 7 heteroatoms. The van der Waals surface area contributed by atoms with Crippen LogP contribution in [0.15, 0.2) is 72.8 Å². The van der Waals surface area contributed by atoms with E-state index in [2.05, 4.69) is 22.8 Å². The lowest BCUT2D eigenvalue weighted by molar-refractivity contribution is -0.384. The summed E-state index contributed by atoms with van der Waals surface area (Å²) in [6.45, 7) is 1.41. The molecule has 0 radical (unpaired) electrons. The van der Waals surface area contributed by atoms with Crippen LogP contribution in [0.25, 0.3) is 21.8 Å². The van der Waals surface area contributed by atoms with Crippen molar-refractivity contribution in [1.82, 2.24) is 10.3 Å². The van der Waals surface area contributed by atoms with Gasteiger partial charge in [0.25, 0.3) is 11.6 Å². The molecule has 0 bridgehead atoms. The highest BCUT2D eigenvalue weighted by Crippen LogP contribution is 2.30. The first kappa shape index (κ1) is 22.2. The molecule has 0 atom stereocenters. The maximum absolute atomic E-state index is 12.2. The van der Waals surface area contributed by atoms with Gasteiger partial charge in [0, 0.05) is 41.6 Å². The second kappa shape index (κ2) is 10.5. The average Bonchev–Trinajstić information content (AvgIpc) is 2.84. The summed E-state index contributed by atoms with van der Waals surface area (Å²) in [5.41, 5.74) is 3.33. The Hall–Kier alpha value is -4.00. The Morgan fingerprint density at radius 1 is 0.818 bits per heavy atom. The third-order valence-corrected chi connectivity index (χ3v) is 5.60. The Morgan fingerprint density at radius 3 is 2.12 bits per heavy atom. The predicted octanol–water partition coefficient (Wildman–Crippen LogP) is 5.70. The molecule has 33 heavy (non-hydrogen) atoms. The van der Waals surface area contributed by atoms with Gasteiger partial charge in [-0.05, 0) is 31.0 Å². The van der Waals surface area contributed by atoms with Crippen molar-refractivity contribution in [2.75, 3.05) is 18.4 Å². The van der Waals surface area contributed by atoms with Crippen molar-refractivity contribution >= 4 is 39.1 Å². The highest BCUT2D eigenvalue weighted by atomic mass is 16.6. The van der Waals surface area contributed by atoms with E-state index in [0.717, 1.165) is 59.7 Å². The number of para-hydroxylation sites is 2. The van der Waals surface area contributed by atoms with Crippen molar-refractivity contribution in [2.45, 2.75) is 25.7 Å². The van der Waals surface area contributed by atoms with Crippen LogP contribution in [0.2, 0.25) is 0 Å². The number of anilines is 1. The monoisotopic (exact) mass is 442 g/mol. The largest absolute Gasteiger partial charge is 0.384 e. The molecule has 0 spiro atoms. The fourth-order valence-corrected chi connectivity index (χ4v) is 3.91. The van der Waals surface area contributed by atoms with Gasteiger partial charge in [-0.2, -0.15) is 0 Å². The molecule has 0 aliphatic rings. The highest BCUT2D eigenvalue weighted by molar-refractivity contribution is 6.07. The molecule has 4 rings (SSSR count).